The van der Waals surface area contributed by atoms with Crippen LogP contribution in [0.2, 0.25) is 0 Å². The minimum Gasteiger partial charge on any atom is -0.381 e. The van der Waals surface area contributed by atoms with Crippen molar-refractivity contribution in [1.82, 2.24) is 5.32 Å². The van der Waals surface area contributed by atoms with Crippen molar-refractivity contribution in [3.63, 3.8) is 0 Å². The second kappa shape index (κ2) is 10.8. The molecule has 0 aliphatic rings. The monoisotopic (exact) mass is 313 g/mol. The van der Waals surface area contributed by atoms with Crippen molar-refractivity contribution in [2.24, 2.45) is 5.41 Å². The average Bonchev–Trinajstić information content (AvgIpc) is 2.39. The van der Waals surface area contributed by atoms with Crippen LogP contribution in [0, 0.1) is 5.41 Å². The maximum absolute atomic E-state index is 12.2. The molecule has 0 spiro atoms. The van der Waals surface area contributed by atoms with Gasteiger partial charge in [-0.1, -0.05) is 26.0 Å². The molecule has 0 atom stereocenters. The van der Waals surface area contributed by atoms with E-state index in [0.717, 1.165) is 25.9 Å². The van der Waals surface area contributed by atoms with Crippen LogP contribution in [0.15, 0.2) is 12.2 Å². The third kappa shape index (κ3) is 11.8. The Labute approximate surface area is 136 Å². The number of allylic oxidation sites excluding steroid dienone is 1. The van der Waals surface area contributed by atoms with E-state index in [1.807, 2.05) is 47.6 Å². The Balaban J connectivity index is 3.76. The minimum atomic E-state index is -0.405. The van der Waals surface area contributed by atoms with Gasteiger partial charge in [-0.2, -0.15) is 0 Å². The van der Waals surface area contributed by atoms with Crippen LogP contribution in [-0.2, 0) is 14.3 Å². The molecule has 0 aliphatic carbocycles. The molecule has 22 heavy (non-hydrogen) atoms. The summed E-state index contributed by atoms with van der Waals surface area (Å²) in [6.45, 7) is 14.7. The summed E-state index contributed by atoms with van der Waals surface area (Å²) in [4.78, 5) is 12.2. The van der Waals surface area contributed by atoms with Crippen LogP contribution >= 0.6 is 0 Å². The van der Waals surface area contributed by atoms with Crippen molar-refractivity contribution in [1.29, 1.82) is 0 Å². The number of hydrogen-bond donors (Lipinski definition) is 1. The molecule has 0 aromatic heterocycles. The molecule has 0 aromatic rings. The minimum absolute atomic E-state index is 0.0823. The number of rotatable bonds is 11. The highest BCUT2D eigenvalue weighted by atomic mass is 16.5. The van der Waals surface area contributed by atoms with E-state index in [9.17, 15) is 4.79 Å². The van der Waals surface area contributed by atoms with Crippen molar-refractivity contribution in [2.45, 2.75) is 66.4 Å². The highest BCUT2D eigenvalue weighted by Crippen LogP contribution is 2.21. The molecule has 0 heterocycles. The van der Waals surface area contributed by atoms with Crippen LogP contribution in [0.1, 0.15) is 60.8 Å². The van der Waals surface area contributed by atoms with Gasteiger partial charge in [-0.05, 0) is 47.0 Å². The lowest BCUT2D eigenvalue weighted by atomic mass is 9.88. The van der Waals surface area contributed by atoms with Crippen molar-refractivity contribution in [3.8, 4) is 0 Å². The topological polar surface area (TPSA) is 47.6 Å². The number of carbonyl (C=O) groups is 1. The standard InChI is InChI=1S/C18H35NO3/c1-7-8-9-13-21-14-10-12-19-16(20)18(5,6)11-15-22-17(2,3)4/h7-8H,9-15H2,1-6H3,(H,19,20)/b8-7+. The molecule has 0 aromatic carbocycles. The molecule has 0 bridgehead atoms. The summed E-state index contributed by atoms with van der Waals surface area (Å²) in [7, 11) is 0. The Morgan fingerprint density at radius 3 is 2.36 bits per heavy atom. The molecule has 0 saturated carbocycles. The average molecular weight is 313 g/mol. The Morgan fingerprint density at radius 1 is 1.09 bits per heavy atom. The number of nitrogens with one attached hydrogen (secondary N) is 1. The van der Waals surface area contributed by atoms with Gasteiger partial charge in [-0.25, -0.2) is 0 Å². The van der Waals surface area contributed by atoms with E-state index in [0.29, 0.717) is 19.8 Å². The van der Waals surface area contributed by atoms with Gasteiger partial charge in [0.25, 0.3) is 0 Å². The SMILES string of the molecule is C/C=C/CCOCCCNC(=O)C(C)(C)CCOC(C)(C)C. The van der Waals surface area contributed by atoms with Gasteiger partial charge in [0, 0.05) is 25.2 Å². The molecular weight excluding hydrogens is 278 g/mol. The molecule has 0 unspecified atom stereocenters. The number of carbonyl (C=O) groups excluding carboxylic acids is 1. The van der Waals surface area contributed by atoms with E-state index in [1.54, 1.807) is 0 Å². The van der Waals surface area contributed by atoms with Crippen LogP contribution in [0.25, 0.3) is 0 Å². The van der Waals surface area contributed by atoms with Crippen LogP contribution in [0.5, 0.6) is 0 Å². The zero-order chi connectivity index (χ0) is 17.1. The van der Waals surface area contributed by atoms with Crippen LogP contribution in [-0.4, -0.2) is 37.9 Å². The fourth-order valence-corrected chi connectivity index (χ4v) is 1.76. The number of ether oxygens (including phenoxy) is 2. The molecule has 0 radical (unpaired) electrons. The lowest BCUT2D eigenvalue weighted by molar-refractivity contribution is -0.131. The first-order valence-electron chi connectivity index (χ1n) is 8.30. The Kier molecular flexibility index (Phi) is 10.4. The number of hydrogen-bond acceptors (Lipinski definition) is 3. The lowest BCUT2D eigenvalue weighted by Gasteiger charge is -2.26. The van der Waals surface area contributed by atoms with E-state index < -0.39 is 5.41 Å². The second-order valence-corrected chi connectivity index (χ2v) is 7.17. The van der Waals surface area contributed by atoms with E-state index in [-0.39, 0.29) is 11.5 Å². The van der Waals surface area contributed by atoms with Crippen molar-refractivity contribution < 1.29 is 14.3 Å². The quantitative estimate of drug-likeness (QED) is 0.467. The smallest absolute Gasteiger partial charge is 0.225 e. The molecular formula is C18H35NO3. The van der Waals surface area contributed by atoms with E-state index in [1.165, 1.54) is 0 Å². The highest BCUT2D eigenvalue weighted by molar-refractivity contribution is 5.81. The molecule has 4 heteroatoms. The summed E-state index contributed by atoms with van der Waals surface area (Å²) in [5, 5.41) is 2.98. The van der Waals surface area contributed by atoms with Gasteiger partial charge < -0.3 is 14.8 Å². The fourth-order valence-electron chi connectivity index (χ4n) is 1.76. The summed E-state index contributed by atoms with van der Waals surface area (Å²) in [5.41, 5.74) is -0.561. The maximum atomic E-state index is 12.2. The first kappa shape index (κ1) is 21.1. The summed E-state index contributed by atoms with van der Waals surface area (Å²) >= 11 is 0. The molecule has 4 nitrogen and oxygen atoms in total. The van der Waals surface area contributed by atoms with Crippen molar-refractivity contribution in [2.75, 3.05) is 26.4 Å². The predicted octanol–water partition coefficient (Wildman–Crippen LogP) is 3.71. The van der Waals surface area contributed by atoms with Gasteiger partial charge in [-0.3, -0.25) is 4.79 Å². The largest absolute Gasteiger partial charge is 0.381 e. The maximum Gasteiger partial charge on any atom is 0.225 e. The van der Waals surface area contributed by atoms with Crippen LogP contribution < -0.4 is 5.32 Å². The summed E-state index contributed by atoms with van der Waals surface area (Å²) in [6, 6.07) is 0. The molecule has 1 amide bonds. The van der Waals surface area contributed by atoms with Crippen molar-refractivity contribution >= 4 is 5.91 Å². The van der Waals surface area contributed by atoms with Gasteiger partial charge in [0.1, 0.15) is 0 Å². The molecule has 1 N–H and O–H groups in total. The Hall–Kier alpha value is -0.870. The van der Waals surface area contributed by atoms with Crippen LogP contribution in [0.3, 0.4) is 0 Å². The zero-order valence-corrected chi connectivity index (χ0v) is 15.3. The number of amides is 1. The summed E-state index contributed by atoms with van der Waals surface area (Å²) in [5.74, 6) is 0.0823. The lowest BCUT2D eigenvalue weighted by Crippen LogP contribution is -2.39. The first-order chi connectivity index (χ1) is 10.2. The second-order valence-electron chi connectivity index (χ2n) is 7.17. The molecule has 0 saturated heterocycles. The highest BCUT2D eigenvalue weighted by Gasteiger charge is 2.27. The molecule has 130 valence electrons. The zero-order valence-electron chi connectivity index (χ0n) is 15.3. The van der Waals surface area contributed by atoms with Gasteiger partial charge in [0.05, 0.1) is 12.2 Å². The third-order valence-corrected chi connectivity index (χ3v) is 3.29. The van der Waals surface area contributed by atoms with Crippen LogP contribution in [0.4, 0.5) is 0 Å². The van der Waals surface area contributed by atoms with Gasteiger partial charge >= 0.3 is 0 Å². The third-order valence-electron chi connectivity index (χ3n) is 3.29. The molecule has 0 aliphatic heterocycles. The molecule has 0 fully saturated rings. The fraction of sp³-hybridized carbons (Fsp3) is 0.833. The van der Waals surface area contributed by atoms with Gasteiger partial charge in [-0.15, -0.1) is 0 Å². The first-order valence-corrected chi connectivity index (χ1v) is 8.30. The molecule has 0 rings (SSSR count). The van der Waals surface area contributed by atoms with Gasteiger partial charge in [0.15, 0.2) is 0 Å². The van der Waals surface area contributed by atoms with E-state index >= 15 is 0 Å². The Bertz CT molecular complexity index is 330. The Morgan fingerprint density at radius 2 is 1.77 bits per heavy atom. The predicted molar refractivity (Wildman–Crippen MR) is 92.0 cm³/mol. The van der Waals surface area contributed by atoms with E-state index in [2.05, 4.69) is 11.4 Å². The van der Waals surface area contributed by atoms with Crippen molar-refractivity contribution in [3.05, 3.63) is 12.2 Å². The van der Waals surface area contributed by atoms with E-state index in [4.69, 9.17) is 9.47 Å². The summed E-state index contributed by atoms with van der Waals surface area (Å²) in [6.07, 6.45) is 6.62. The summed E-state index contributed by atoms with van der Waals surface area (Å²) < 4.78 is 11.2. The van der Waals surface area contributed by atoms with Gasteiger partial charge in [0.2, 0.25) is 5.91 Å². The normalized spacial score (nSPS) is 12.8.